The van der Waals surface area contributed by atoms with Crippen LogP contribution in [0.1, 0.15) is 63.5 Å². The molecule has 20 heavy (non-hydrogen) atoms. The summed E-state index contributed by atoms with van der Waals surface area (Å²) < 4.78 is 22.7. The Balaban J connectivity index is 2.38. The molecule has 0 fully saturated rings. The standard InChI is InChI=1S/C16H26O3S/c1-3-4-5-6-7-8-9-16(17)14-10-12-15(13-11-14)20(2,18)19/h10-13,16-17H,3-9H2,1-2H3. The Morgan fingerprint density at radius 2 is 1.55 bits per heavy atom. The average Bonchev–Trinajstić information content (AvgIpc) is 2.41. The molecule has 1 aromatic carbocycles. The van der Waals surface area contributed by atoms with Crippen molar-refractivity contribution in [2.24, 2.45) is 0 Å². The summed E-state index contributed by atoms with van der Waals surface area (Å²) in [5.74, 6) is 0. The first-order valence-electron chi connectivity index (χ1n) is 7.43. The Hall–Kier alpha value is -0.870. The molecule has 0 spiro atoms. The van der Waals surface area contributed by atoms with Gasteiger partial charge in [0.1, 0.15) is 0 Å². The molecule has 0 bridgehead atoms. The van der Waals surface area contributed by atoms with Crippen LogP contribution in [0.3, 0.4) is 0 Å². The lowest BCUT2D eigenvalue weighted by Crippen LogP contribution is -2.00. The van der Waals surface area contributed by atoms with Gasteiger partial charge in [0.25, 0.3) is 0 Å². The van der Waals surface area contributed by atoms with Gasteiger partial charge in [-0.3, -0.25) is 0 Å². The second-order valence-corrected chi connectivity index (χ2v) is 7.43. The molecule has 1 atom stereocenters. The van der Waals surface area contributed by atoms with Gasteiger partial charge in [-0.25, -0.2) is 8.42 Å². The van der Waals surface area contributed by atoms with Gasteiger partial charge >= 0.3 is 0 Å². The quantitative estimate of drug-likeness (QED) is 0.704. The molecule has 0 heterocycles. The fourth-order valence-electron chi connectivity index (χ4n) is 2.22. The number of hydrogen-bond donors (Lipinski definition) is 1. The van der Waals surface area contributed by atoms with E-state index in [1.54, 1.807) is 24.3 Å². The third-order valence-electron chi connectivity index (χ3n) is 3.52. The minimum Gasteiger partial charge on any atom is -0.388 e. The first-order chi connectivity index (χ1) is 9.45. The summed E-state index contributed by atoms with van der Waals surface area (Å²) >= 11 is 0. The van der Waals surface area contributed by atoms with Crippen LogP contribution in [0.15, 0.2) is 29.2 Å². The summed E-state index contributed by atoms with van der Waals surface area (Å²) in [6.07, 6.45) is 8.64. The monoisotopic (exact) mass is 298 g/mol. The van der Waals surface area contributed by atoms with Crippen LogP contribution in [0.5, 0.6) is 0 Å². The van der Waals surface area contributed by atoms with Crippen LogP contribution in [-0.2, 0) is 9.84 Å². The topological polar surface area (TPSA) is 54.4 Å². The zero-order valence-electron chi connectivity index (χ0n) is 12.5. The van der Waals surface area contributed by atoms with Crippen molar-refractivity contribution in [2.75, 3.05) is 6.26 Å². The Morgan fingerprint density at radius 3 is 2.10 bits per heavy atom. The maximum atomic E-state index is 11.3. The minimum absolute atomic E-state index is 0.299. The van der Waals surface area contributed by atoms with Gasteiger partial charge in [0.2, 0.25) is 0 Å². The van der Waals surface area contributed by atoms with E-state index in [0.29, 0.717) is 4.90 Å². The van der Waals surface area contributed by atoms with Gasteiger partial charge in [-0.05, 0) is 24.1 Å². The molecular weight excluding hydrogens is 272 g/mol. The summed E-state index contributed by atoms with van der Waals surface area (Å²) in [6, 6.07) is 6.54. The normalized spacial score (nSPS) is 13.3. The van der Waals surface area contributed by atoms with Crippen molar-refractivity contribution in [1.29, 1.82) is 0 Å². The highest BCUT2D eigenvalue weighted by Gasteiger charge is 2.10. The van der Waals surface area contributed by atoms with E-state index in [0.717, 1.165) is 24.8 Å². The largest absolute Gasteiger partial charge is 0.388 e. The Labute approximate surface area is 123 Å². The van der Waals surface area contributed by atoms with Crippen LogP contribution in [0.2, 0.25) is 0 Å². The zero-order chi connectivity index (χ0) is 15.0. The molecule has 0 aliphatic heterocycles. The van der Waals surface area contributed by atoms with Crippen LogP contribution in [0.25, 0.3) is 0 Å². The van der Waals surface area contributed by atoms with Crippen LogP contribution in [-0.4, -0.2) is 19.8 Å². The lowest BCUT2D eigenvalue weighted by Gasteiger charge is -2.11. The SMILES string of the molecule is CCCCCCCCC(O)c1ccc(S(C)(=O)=O)cc1. The molecule has 0 saturated heterocycles. The van der Waals surface area contributed by atoms with Crippen molar-refractivity contribution in [3.8, 4) is 0 Å². The second-order valence-electron chi connectivity index (χ2n) is 5.41. The van der Waals surface area contributed by atoms with Gasteiger partial charge < -0.3 is 5.11 Å². The predicted molar refractivity (Wildman–Crippen MR) is 82.5 cm³/mol. The third-order valence-corrected chi connectivity index (χ3v) is 4.65. The number of hydrogen-bond acceptors (Lipinski definition) is 3. The van der Waals surface area contributed by atoms with Crippen molar-refractivity contribution >= 4 is 9.84 Å². The van der Waals surface area contributed by atoms with Crippen LogP contribution < -0.4 is 0 Å². The molecule has 0 aliphatic carbocycles. The van der Waals surface area contributed by atoms with E-state index in [9.17, 15) is 13.5 Å². The van der Waals surface area contributed by atoms with Crippen molar-refractivity contribution < 1.29 is 13.5 Å². The van der Waals surface area contributed by atoms with E-state index in [1.165, 1.54) is 31.9 Å². The highest BCUT2D eigenvalue weighted by atomic mass is 32.2. The molecule has 0 amide bonds. The number of benzene rings is 1. The fourth-order valence-corrected chi connectivity index (χ4v) is 2.85. The summed E-state index contributed by atoms with van der Waals surface area (Å²) in [7, 11) is -3.16. The molecule has 0 saturated carbocycles. The van der Waals surface area contributed by atoms with Crippen molar-refractivity contribution in [2.45, 2.75) is 62.9 Å². The number of aliphatic hydroxyl groups is 1. The second kappa shape index (κ2) is 8.42. The summed E-state index contributed by atoms with van der Waals surface area (Å²) in [5.41, 5.74) is 0.797. The number of rotatable bonds is 9. The molecular formula is C16H26O3S. The molecule has 4 heteroatoms. The zero-order valence-corrected chi connectivity index (χ0v) is 13.3. The van der Waals surface area contributed by atoms with E-state index in [2.05, 4.69) is 6.92 Å². The number of sulfone groups is 1. The Morgan fingerprint density at radius 1 is 1.00 bits per heavy atom. The van der Waals surface area contributed by atoms with Gasteiger partial charge in [-0.1, -0.05) is 57.6 Å². The average molecular weight is 298 g/mol. The van der Waals surface area contributed by atoms with Crippen molar-refractivity contribution in [3.05, 3.63) is 29.8 Å². The third kappa shape index (κ3) is 6.06. The first kappa shape index (κ1) is 17.2. The smallest absolute Gasteiger partial charge is 0.175 e. The molecule has 1 aromatic rings. The fraction of sp³-hybridized carbons (Fsp3) is 0.625. The molecule has 0 radical (unpaired) electrons. The maximum Gasteiger partial charge on any atom is 0.175 e. The van der Waals surface area contributed by atoms with Gasteiger partial charge in [0.05, 0.1) is 11.0 Å². The van der Waals surface area contributed by atoms with Crippen molar-refractivity contribution in [3.63, 3.8) is 0 Å². The lowest BCUT2D eigenvalue weighted by atomic mass is 10.0. The summed E-state index contributed by atoms with van der Waals surface area (Å²) in [5, 5.41) is 10.1. The van der Waals surface area contributed by atoms with E-state index in [4.69, 9.17) is 0 Å². The molecule has 1 unspecified atom stereocenters. The van der Waals surface area contributed by atoms with Gasteiger partial charge in [-0.15, -0.1) is 0 Å². The molecule has 0 aliphatic rings. The van der Waals surface area contributed by atoms with Crippen LogP contribution in [0.4, 0.5) is 0 Å². The summed E-state index contributed by atoms with van der Waals surface area (Å²) in [6.45, 7) is 2.20. The van der Waals surface area contributed by atoms with E-state index >= 15 is 0 Å². The summed E-state index contributed by atoms with van der Waals surface area (Å²) in [4.78, 5) is 0.299. The van der Waals surface area contributed by atoms with Gasteiger partial charge in [0.15, 0.2) is 9.84 Å². The van der Waals surface area contributed by atoms with Crippen molar-refractivity contribution in [1.82, 2.24) is 0 Å². The maximum absolute atomic E-state index is 11.3. The van der Waals surface area contributed by atoms with Gasteiger partial charge in [-0.2, -0.15) is 0 Å². The minimum atomic E-state index is -3.16. The van der Waals surface area contributed by atoms with Gasteiger partial charge in [0, 0.05) is 6.26 Å². The molecule has 114 valence electrons. The highest BCUT2D eigenvalue weighted by Crippen LogP contribution is 2.21. The number of aliphatic hydroxyl groups excluding tert-OH is 1. The lowest BCUT2D eigenvalue weighted by molar-refractivity contribution is 0.163. The van der Waals surface area contributed by atoms with Crippen LogP contribution >= 0.6 is 0 Å². The Bertz CT molecular complexity index is 477. The molecule has 3 nitrogen and oxygen atoms in total. The Kier molecular flexibility index (Phi) is 7.24. The number of unbranched alkanes of at least 4 members (excludes halogenated alkanes) is 5. The van der Waals surface area contributed by atoms with E-state index in [-0.39, 0.29) is 0 Å². The van der Waals surface area contributed by atoms with Crippen LogP contribution in [0, 0.1) is 0 Å². The highest BCUT2D eigenvalue weighted by molar-refractivity contribution is 7.90. The van der Waals surface area contributed by atoms with E-state index < -0.39 is 15.9 Å². The molecule has 0 aromatic heterocycles. The molecule has 1 N–H and O–H groups in total. The van der Waals surface area contributed by atoms with E-state index in [1.807, 2.05) is 0 Å². The first-order valence-corrected chi connectivity index (χ1v) is 9.32. The molecule has 1 rings (SSSR count). The predicted octanol–water partition coefficient (Wildman–Crippen LogP) is 3.87.